The van der Waals surface area contributed by atoms with Crippen molar-refractivity contribution >= 4 is 48.7 Å². The largest absolute Gasteiger partial charge is 0.309 e. The van der Waals surface area contributed by atoms with E-state index in [2.05, 4.69) is 119 Å². The summed E-state index contributed by atoms with van der Waals surface area (Å²) in [7, 11) is -3.68. The summed E-state index contributed by atoms with van der Waals surface area (Å²) in [4.78, 5) is 12.8. The predicted molar refractivity (Wildman–Crippen MR) is 238 cm³/mol. The maximum atomic E-state index is 13.7. The molecule has 3 heterocycles. The monoisotopic (exact) mass is 778 g/mol. The second-order valence-electron chi connectivity index (χ2n) is 14.7. The van der Waals surface area contributed by atoms with E-state index >= 15 is 0 Å². The Labute approximate surface area is 341 Å². The molecule has 59 heavy (non-hydrogen) atoms. The summed E-state index contributed by atoms with van der Waals surface area (Å²) < 4.78 is 29.8. The molecule has 2 aromatic heterocycles. The van der Waals surface area contributed by atoms with Gasteiger partial charge in [-0.1, -0.05) is 133 Å². The van der Waals surface area contributed by atoms with Gasteiger partial charge < -0.3 is 9.47 Å². The molecule has 0 unspecified atom stereocenters. The van der Waals surface area contributed by atoms with Gasteiger partial charge in [-0.15, -0.1) is 0 Å². The highest BCUT2D eigenvalue weighted by Gasteiger charge is 2.34. The Hall–Kier alpha value is -7.61. The van der Waals surface area contributed by atoms with Gasteiger partial charge in [-0.3, -0.25) is 0 Å². The van der Waals surface area contributed by atoms with Gasteiger partial charge in [0.05, 0.1) is 43.6 Å². The molecule has 0 saturated heterocycles. The highest BCUT2D eigenvalue weighted by molar-refractivity contribution is 7.92. The first-order valence-electron chi connectivity index (χ1n) is 19.5. The Kier molecular flexibility index (Phi) is 8.10. The van der Waals surface area contributed by atoms with Crippen molar-refractivity contribution in [1.29, 1.82) is 0 Å². The molecule has 1 aliphatic rings. The van der Waals surface area contributed by atoms with Gasteiger partial charge in [0.1, 0.15) is 0 Å². The number of aromatic nitrogens is 3. The summed E-state index contributed by atoms with van der Waals surface area (Å²) in [6.07, 6.45) is 0. The average molecular weight is 779 g/mol. The lowest BCUT2D eigenvalue weighted by atomic mass is 10.00. The Morgan fingerprint density at radius 1 is 0.373 bits per heavy atom. The van der Waals surface area contributed by atoms with E-state index in [-0.39, 0.29) is 0 Å². The van der Waals surface area contributed by atoms with E-state index in [1.165, 1.54) is 0 Å². The number of benzene rings is 8. The quantitative estimate of drug-likeness (QED) is 0.168. The fourth-order valence-corrected chi connectivity index (χ4v) is 10.0. The zero-order chi connectivity index (χ0) is 39.5. The lowest BCUT2D eigenvalue weighted by molar-refractivity contribution is 0.595. The summed E-state index contributed by atoms with van der Waals surface area (Å²) in [6.45, 7) is 0. The molecule has 280 valence electrons. The summed E-state index contributed by atoms with van der Waals surface area (Å²) in [5.41, 5.74) is 12.1. The maximum absolute atomic E-state index is 13.7. The van der Waals surface area contributed by atoms with Crippen LogP contribution in [-0.2, 0) is 9.84 Å². The molecule has 0 radical (unpaired) electrons. The van der Waals surface area contributed by atoms with E-state index in [1.807, 2.05) is 72.8 Å². The van der Waals surface area contributed by atoms with Gasteiger partial charge in [-0.2, -0.15) is 0 Å². The van der Waals surface area contributed by atoms with Gasteiger partial charge in [0.15, 0.2) is 5.82 Å². The molecule has 0 spiro atoms. The molecule has 0 aliphatic carbocycles. The molecule has 7 heteroatoms. The minimum absolute atomic E-state index is 0.296. The van der Waals surface area contributed by atoms with Gasteiger partial charge in [0, 0.05) is 38.8 Å². The van der Waals surface area contributed by atoms with Crippen LogP contribution in [0.4, 0.5) is 17.1 Å². The number of sulfone groups is 1. The van der Waals surface area contributed by atoms with E-state index in [1.54, 1.807) is 24.3 Å². The predicted octanol–water partition coefficient (Wildman–Crippen LogP) is 12.9. The molecular formula is C52H34N4O2S. The molecule has 6 nitrogen and oxygen atoms in total. The van der Waals surface area contributed by atoms with Crippen LogP contribution in [0, 0.1) is 0 Å². The summed E-state index contributed by atoms with van der Waals surface area (Å²) >= 11 is 0. The molecule has 8 aromatic carbocycles. The van der Waals surface area contributed by atoms with Crippen LogP contribution in [0.5, 0.6) is 0 Å². The number of hydrogen-bond donors (Lipinski definition) is 0. The van der Waals surface area contributed by atoms with Crippen molar-refractivity contribution < 1.29 is 8.42 Å². The number of para-hydroxylation sites is 3. The van der Waals surface area contributed by atoms with Crippen LogP contribution in [0.25, 0.3) is 72.5 Å². The smallest absolute Gasteiger partial charge is 0.210 e. The lowest BCUT2D eigenvalue weighted by Gasteiger charge is -2.33. The third kappa shape index (κ3) is 5.82. The van der Waals surface area contributed by atoms with Crippen LogP contribution in [-0.4, -0.2) is 23.0 Å². The molecule has 1 aliphatic heterocycles. The fraction of sp³-hybridized carbons (Fsp3) is 0. The minimum atomic E-state index is -3.68. The zero-order valence-corrected chi connectivity index (χ0v) is 32.5. The van der Waals surface area contributed by atoms with E-state index < -0.39 is 9.84 Å². The SMILES string of the molecule is O=S1(=O)c2ccccc2N(c2cccc(-n3c4ccccc4c4cc(-c5cccc(-c6nc(-c7ccccc7)cc(-c7ccccc7)n6)c5)ccc43)c2)c2ccccc21. The van der Waals surface area contributed by atoms with E-state index in [0.29, 0.717) is 27.0 Å². The lowest BCUT2D eigenvalue weighted by Crippen LogP contribution is -2.22. The van der Waals surface area contributed by atoms with Crippen LogP contribution in [0.1, 0.15) is 0 Å². The van der Waals surface area contributed by atoms with Gasteiger partial charge in [-0.25, -0.2) is 18.4 Å². The third-order valence-electron chi connectivity index (χ3n) is 11.1. The van der Waals surface area contributed by atoms with Crippen LogP contribution in [0.3, 0.4) is 0 Å². The van der Waals surface area contributed by atoms with Crippen molar-refractivity contribution in [3.05, 3.63) is 206 Å². The standard InChI is InChI=1S/C52H34N4O2S/c57-59(58)50-27-11-9-25-48(50)56(49-26-10-12-28-51(49)59)41-22-14-21-40(33-41)55-46-24-8-7-23-42(46)43-32-38(29-30-47(43)55)37-19-13-20-39(31-37)52-53-44(35-15-3-1-4-16-35)34-45(54-52)36-17-5-2-6-18-36/h1-34H. The molecule has 0 atom stereocenters. The first kappa shape index (κ1) is 34.6. The first-order valence-corrected chi connectivity index (χ1v) is 21.0. The van der Waals surface area contributed by atoms with Crippen molar-refractivity contribution in [3.8, 4) is 50.7 Å². The maximum Gasteiger partial charge on any atom is 0.210 e. The van der Waals surface area contributed by atoms with Gasteiger partial charge in [0.25, 0.3) is 0 Å². The Morgan fingerprint density at radius 3 is 1.59 bits per heavy atom. The van der Waals surface area contributed by atoms with Gasteiger partial charge >= 0.3 is 0 Å². The Morgan fingerprint density at radius 2 is 0.898 bits per heavy atom. The summed E-state index contributed by atoms with van der Waals surface area (Å²) in [5.74, 6) is 0.668. The highest BCUT2D eigenvalue weighted by Crippen LogP contribution is 2.48. The highest BCUT2D eigenvalue weighted by atomic mass is 32.2. The molecule has 0 fully saturated rings. The molecule has 10 aromatic rings. The van der Waals surface area contributed by atoms with E-state index in [9.17, 15) is 8.42 Å². The minimum Gasteiger partial charge on any atom is -0.309 e. The van der Waals surface area contributed by atoms with Crippen molar-refractivity contribution in [2.75, 3.05) is 4.90 Å². The van der Waals surface area contributed by atoms with E-state index in [0.717, 1.165) is 72.4 Å². The second kappa shape index (κ2) is 13.8. The topological polar surface area (TPSA) is 68.1 Å². The van der Waals surface area contributed by atoms with Gasteiger partial charge in [-0.05, 0) is 83.9 Å². The van der Waals surface area contributed by atoms with Crippen molar-refractivity contribution in [2.24, 2.45) is 0 Å². The fourth-order valence-electron chi connectivity index (χ4n) is 8.39. The number of nitrogens with zero attached hydrogens (tertiary/aromatic N) is 4. The summed E-state index contributed by atoms with van der Waals surface area (Å²) in [6, 6.07) is 68.9. The first-order chi connectivity index (χ1) is 29.0. The molecule has 0 amide bonds. The Bertz CT molecular complexity index is 3250. The Balaban J connectivity index is 1.02. The molecule has 11 rings (SSSR count). The van der Waals surface area contributed by atoms with Crippen LogP contribution in [0.2, 0.25) is 0 Å². The average Bonchev–Trinajstić information content (AvgIpc) is 3.63. The second-order valence-corrected chi connectivity index (χ2v) is 16.5. The van der Waals surface area contributed by atoms with Crippen LogP contribution >= 0.6 is 0 Å². The number of fused-ring (bicyclic) bond motifs is 5. The zero-order valence-electron chi connectivity index (χ0n) is 31.6. The summed E-state index contributed by atoms with van der Waals surface area (Å²) in [5, 5.41) is 2.26. The normalized spacial score (nSPS) is 13.0. The molecular weight excluding hydrogens is 745 g/mol. The number of anilines is 3. The van der Waals surface area contributed by atoms with Crippen LogP contribution < -0.4 is 4.90 Å². The van der Waals surface area contributed by atoms with Crippen molar-refractivity contribution in [2.45, 2.75) is 9.79 Å². The number of rotatable bonds is 6. The number of hydrogen-bond acceptors (Lipinski definition) is 5. The van der Waals surface area contributed by atoms with E-state index in [4.69, 9.17) is 9.97 Å². The molecule has 0 saturated carbocycles. The van der Waals surface area contributed by atoms with Crippen molar-refractivity contribution in [3.63, 3.8) is 0 Å². The van der Waals surface area contributed by atoms with Crippen molar-refractivity contribution in [1.82, 2.24) is 14.5 Å². The van der Waals surface area contributed by atoms with Crippen LogP contribution in [0.15, 0.2) is 216 Å². The van der Waals surface area contributed by atoms with Gasteiger partial charge in [0.2, 0.25) is 9.84 Å². The third-order valence-corrected chi connectivity index (χ3v) is 13.0. The molecule has 0 bridgehead atoms. The molecule has 0 N–H and O–H groups in total.